The lowest BCUT2D eigenvalue weighted by Gasteiger charge is -2.20. The monoisotopic (exact) mass is 331 g/mol. The number of benzene rings is 1. The van der Waals surface area contributed by atoms with E-state index in [0.29, 0.717) is 43.2 Å². The molecular weight excluding hydrogens is 313 g/mol. The van der Waals surface area contributed by atoms with Crippen molar-refractivity contribution in [1.82, 2.24) is 15.1 Å². The summed E-state index contributed by atoms with van der Waals surface area (Å²) in [4.78, 5) is 14.6. The molecular formula is C17H18FN3O3. The van der Waals surface area contributed by atoms with Crippen LogP contribution >= 0.6 is 0 Å². The Bertz CT molecular complexity index is 755. The van der Waals surface area contributed by atoms with E-state index in [0.717, 1.165) is 12.1 Å². The number of nitrogens with zero attached hydrogens (tertiary/aromatic N) is 2. The molecule has 0 aliphatic carbocycles. The van der Waals surface area contributed by atoms with Gasteiger partial charge in [-0.25, -0.2) is 4.39 Å². The summed E-state index contributed by atoms with van der Waals surface area (Å²) < 4.78 is 25.1. The molecule has 4 rings (SSSR count). The van der Waals surface area contributed by atoms with Gasteiger partial charge in [0.05, 0.1) is 37.2 Å². The van der Waals surface area contributed by atoms with E-state index in [9.17, 15) is 9.18 Å². The number of H-pyrrole nitrogens is 1. The first-order valence-corrected chi connectivity index (χ1v) is 8.04. The molecule has 1 amide bonds. The summed E-state index contributed by atoms with van der Waals surface area (Å²) in [6.07, 6.45) is 2.41. The average molecular weight is 331 g/mol. The summed E-state index contributed by atoms with van der Waals surface area (Å²) in [5.74, 6) is 0.134. The Kier molecular flexibility index (Phi) is 3.93. The van der Waals surface area contributed by atoms with Crippen molar-refractivity contribution in [3.05, 3.63) is 47.0 Å². The first-order chi connectivity index (χ1) is 11.7. The molecule has 1 saturated heterocycles. The van der Waals surface area contributed by atoms with E-state index in [1.165, 1.54) is 6.07 Å². The van der Waals surface area contributed by atoms with Crippen LogP contribution in [0.3, 0.4) is 0 Å². The van der Waals surface area contributed by atoms with Gasteiger partial charge in [-0.3, -0.25) is 9.89 Å². The highest BCUT2D eigenvalue weighted by atomic mass is 19.1. The normalized spacial score (nSPS) is 20.4. The molecule has 3 heterocycles. The van der Waals surface area contributed by atoms with Crippen molar-refractivity contribution in [2.24, 2.45) is 0 Å². The molecule has 2 aliphatic rings. The lowest BCUT2D eigenvalue weighted by molar-refractivity contribution is 0.0730. The molecule has 1 atom stereocenters. The Morgan fingerprint density at radius 2 is 2.29 bits per heavy atom. The summed E-state index contributed by atoms with van der Waals surface area (Å²) >= 11 is 0. The zero-order valence-electron chi connectivity index (χ0n) is 13.1. The third-order valence-corrected chi connectivity index (χ3v) is 4.57. The predicted molar refractivity (Wildman–Crippen MR) is 83.4 cm³/mol. The summed E-state index contributed by atoms with van der Waals surface area (Å²) in [6.45, 7) is 2.20. The molecule has 1 N–H and O–H groups in total. The number of fused-ring (bicyclic) bond motifs is 1. The van der Waals surface area contributed by atoms with Crippen molar-refractivity contribution in [1.29, 1.82) is 0 Å². The number of nitrogens with one attached hydrogen (secondary N) is 1. The van der Waals surface area contributed by atoms with Crippen molar-refractivity contribution in [2.75, 3.05) is 26.4 Å². The fraction of sp³-hybridized carbons (Fsp3) is 0.412. The van der Waals surface area contributed by atoms with Crippen LogP contribution in [0.5, 0.6) is 5.75 Å². The Balaban J connectivity index is 1.61. The Morgan fingerprint density at radius 1 is 1.38 bits per heavy atom. The molecule has 1 aromatic carbocycles. The molecule has 24 heavy (non-hydrogen) atoms. The van der Waals surface area contributed by atoms with Crippen LogP contribution in [0, 0.1) is 5.82 Å². The van der Waals surface area contributed by atoms with Gasteiger partial charge in [-0.1, -0.05) is 6.07 Å². The van der Waals surface area contributed by atoms with Crippen LogP contribution in [0.15, 0.2) is 24.4 Å². The Labute approximate surface area is 138 Å². The third-order valence-electron chi connectivity index (χ3n) is 4.57. The molecule has 7 heteroatoms. The molecule has 1 unspecified atom stereocenters. The van der Waals surface area contributed by atoms with Gasteiger partial charge in [-0.15, -0.1) is 0 Å². The van der Waals surface area contributed by atoms with E-state index in [4.69, 9.17) is 9.47 Å². The second-order valence-electron chi connectivity index (χ2n) is 6.05. The molecule has 0 bridgehead atoms. The number of ether oxygens (including phenoxy) is 2. The molecule has 126 valence electrons. The number of aromatic amines is 1. The van der Waals surface area contributed by atoms with E-state index in [1.54, 1.807) is 23.2 Å². The van der Waals surface area contributed by atoms with Gasteiger partial charge in [-0.2, -0.15) is 5.10 Å². The first-order valence-electron chi connectivity index (χ1n) is 8.04. The van der Waals surface area contributed by atoms with E-state index < -0.39 is 0 Å². The molecule has 1 fully saturated rings. The zero-order valence-corrected chi connectivity index (χ0v) is 13.1. The number of hydrogen-bond donors (Lipinski definition) is 1. The van der Waals surface area contributed by atoms with Gasteiger partial charge in [0, 0.05) is 18.1 Å². The number of aromatic nitrogens is 2. The maximum atomic E-state index is 14.1. The summed E-state index contributed by atoms with van der Waals surface area (Å²) in [5.41, 5.74) is 1.75. The van der Waals surface area contributed by atoms with Crippen LogP contribution in [-0.4, -0.2) is 47.4 Å². The van der Waals surface area contributed by atoms with Crippen LogP contribution in [-0.2, 0) is 11.3 Å². The fourth-order valence-electron chi connectivity index (χ4n) is 3.25. The van der Waals surface area contributed by atoms with Gasteiger partial charge >= 0.3 is 0 Å². The SMILES string of the molecule is O=C(c1cn[nH]c1C1CCOC1)N1CCOc2cccc(F)c2C1. The average Bonchev–Trinajstić information content (AvgIpc) is 3.22. The van der Waals surface area contributed by atoms with E-state index in [1.807, 2.05) is 0 Å². The largest absolute Gasteiger partial charge is 0.491 e. The van der Waals surface area contributed by atoms with Gasteiger partial charge in [0.15, 0.2) is 0 Å². The molecule has 2 aromatic rings. The minimum Gasteiger partial charge on any atom is -0.491 e. The highest BCUT2D eigenvalue weighted by molar-refractivity contribution is 5.95. The van der Waals surface area contributed by atoms with Crippen LogP contribution in [0.1, 0.15) is 34.0 Å². The Hall–Kier alpha value is -2.41. The zero-order chi connectivity index (χ0) is 16.5. The number of carbonyl (C=O) groups excluding carboxylic acids is 1. The molecule has 2 aliphatic heterocycles. The number of rotatable bonds is 2. The van der Waals surface area contributed by atoms with Gasteiger partial charge in [-0.05, 0) is 18.6 Å². The van der Waals surface area contributed by atoms with Gasteiger partial charge in [0.2, 0.25) is 0 Å². The minimum absolute atomic E-state index is 0.152. The molecule has 0 radical (unpaired) electrons. The van der Waals surface area contributed by atoms with Crippen LogP contribution in [0.4, 0.5) is 4.39 Å². The summed E-state index contributed by atoms with van der Waals surface area (Å²) in [5, 5.41) is 6.97. The van der Waals surface area contributed by atoms with Crippen molar-refractivity contribution in [2.45, 2.75) is 18.9 Å². The second-order valence-corrected chi connectivity index (χ2v) is 6.05. The lowest BCUT2D eigenvalue weighted by Crippen LogP contribution is -2.33. The van der Waals surface area contributed by atoms with Crippen LogP contribution < -0.4 is 4.74 Å². The number of halogens is 1. The Morgan fingerprint density at radius 3 is 3.12 bits per heavy atom. The van der Waals surface area contributed by atoms with Crippen LogP contribution in [0.2, 0.25) is 0 Å². The fourth-order valence-corrected chi connectivity index (χ4v) is 3.25. The minimum atomic E-state index is -0.358. The summed E-state index contributed by atoms with van der Waals surface area (Å²) in [7, 11) is 0. The maximum absolute atomic E-state index is 14.1. The van der Waals surface area contributed by atoms with Crippen molar-refractivity contribution in [3.8, 4) is 5.75 Å². The second kappa shape index (κ2) is 6.24. The highest BCUT2D eigenvalue weighted by Gasteiger charge is 2.29. The maximum Gasteiger partial charge on any atom is 0.257 e. The topological polar surface area (TPSA) is 67.5 Å². The smallest absolute Gasteiger partial charge is 0.257 e. The number of amides is 1. The first kappa shape index (κ1) is 15.1. The standard InChI is InChI=1S/C17H18FN3O3/c18-14-2-1-3-15-13(14)9-21(5-7-24-15)17(22)12-8-19-20-16(12)11-4-6-23-10-11/h1-3,8,11H,4-7,9-10H2,(H,19,20). The van der Waals surface area contributed by atoms with Gasteiger partial charge in [0.25, 0.3) is 5.91 Å². The summed E-state index contributed by atoms with van der Waals surface area (Å²) in [6, 6.07) is 4.72. The lowest BCUT2D eigenvalue weighted by atomic mass is 10.0. The van der Waals surface area contributed by atoms with Gasteiger partial charge in [0.1, 0.15) is 18.2 Å². The molecule has 0 saturated carbocycles. The molecule has 6 nitrogen and oxygen atoms in total. The molecule has 0 spiro atoms. The van der Waals surface area contributed by atoms with Gasteiger partial charge < -0.3 is 14.4 Å². The van der Waals surface area contributed by atoms with E-state index >= 15 is 0 Å². The van der Waals surface area contributed by atoms with E-state index in [2.05, 4.69) is 10.2 Å². The predicted octanol–water partition coefficient (Wildman–Crippen LogP) is 2.09. The third kappa shape index (κ3) is 2.65. The van der Waals surface area contributed by atoms with E-state index in [-0.39, 0.29) is 24.2 Å². The molecule has 1 aromatic heterocycles. The number of carbonyl (C=O) groups is 1. The van der Waals surface area contributed by atoms with Crippen LogP contribution in [0.25, 0.3) is 0 Å². The quantitative estimate of drug-likeness (QED) is 0.915. The highest BCUT2D eigenvalue weighted by Crippen LogP contribution is 2.29. The number of hydrogen-bond acceptors (Lipinski definition) is 4. The van der Waals surface area contributed by atoms with Crippen molar-refractivity contribution < 1.29 is 18.7 Å². The van der Waals surface area contributed by atoms with Crippen molar-refractivity contribution in [3.63, 3.8) is 0 Å². The van der Waals surface area contributed by atoms with Crippen molar-refractivity contribution >= 4 is 5.91 Å².